The van der Waals surface area contributed by atoms with Crippen LogP contribution in [0.1, 0.15) is 38.5 Å². The van der Waals surface area contributed by atoms with E-state index in [1.54, 1.807) is 0 Å². The van der Waals surface area contributed by atoms with Crippen LogP contribution in [0.5, 0.6) is 11.5 Å². The predicted molar refractivity (Wildman–Crippen MR) is 116 cm³/mol. The van der Waals surface area contributed by atoms with Crippen molar-refractivity contribution in [2.24, 2.45) is 0 Å². The second kappa shape index (κ2) is 11.0. The van der Waals surface area contributed by atoms with Crippen molar-refractivity contribution < 1.29 is 32.2 Å². The van der Waals surface area contributed by atoms with Gasteiger partial charge in [-0.3, -0.25) is 9.59 Å². The van der Waals surface area contributed by atoms with Crippen molar-refractivity contribution in [3.05, 3.63) is 18.2 Å². The summed E-state index contributed by atoms with van der Waals surface area (Å²) in [6.07, 6.45) is 4.52. The molecule has 3 rings (SSSR count). The number of hydrogen-bond acceptors (Lipinski definition) is 7. The van der Waals surface area contributed by atoms with Gasteiger partial charge in [0.05, 0.1) is 32.3 Å². The van der Waals surface area contributed by atoms with E-state index in [0.29, 0.717) is 18.8 Å². The van der Waals surface area contributed by atoms with E-state index < -0.39 is 28.1 Å². The molecule has 1 aromatic carbocycles. The molecule has 1 atom stereocenters. The first-order valence-electron chi connectivity index (χ1n) is 10.8. The van der Waals surface area contributed by atoms with E-state index in [1.165, 1.54) is 36.7 Å². The lowest BCUT2D eigenvalue weighted by molar-refractivity contribution is -0.140. The van der Waals surface area contributed by atoms with Crippen molar-refractivity contribution in [3.8, 4) is 11.5 Å². The smallest absolute Gasteiger partial charge is 0.309 e. The molecule has 2 aliphatic rings. The molecule has 2 fully saturated rings. The summed E-state index contributed by atoms with van der Waals surface area (Å²) in [6.45, 7) is 0.446. The van der Waals surface area contributed by atoms with Crippen LogP contribution in [-0.2, 0) is 24.3 Å². The van der Waals surface area contributed by atoms with Crippen molar-refractivity contribution >= 4 is 21.8 Å². The molecule has 10 nitrogen and oxygen atoms in total. The molecular formula is C21H31N3O7S. The standard InChI is InChI=1S/C21H31N3O7S/c1-29-17-10-9-16(13-18(17)30-2)32(27,28)24-11-6-12-31-19(24)14-22-20(25)21(26)23-15-7-4-3-5-8-15/h9-10,13,15,19H,3-8,11-12,14H2,1-2H3,(H,22,25)(H,23,26)/t19-/m0/s1. The third-order valence-corrected chi connectivity index (χ3v) is 7.58. The highest BCUT2D eigenvalue weighted by atomic mass is 32.2. The van der Waals surface area contributed by atoms with Crippen molar-refractivity contribution in [1.29, 1.82) is 0 Å². The first-order valence-corrected chi connectivity index (χ1v) is 12.2. The van der Waals surface area contributed by atoms with Gasteiger partial charge in [0.2, 0.25) is 10.0 Å². The molecule has 0 aromatic heterocycles. The zero-order chi connectivity index (χ0) is 23.1. The summed E-state index contributed by atoms with van der Waals surface area (Å²) in [5, 5.41) is 5.26. The summed E-state index contributed by atoms with van der Waals surface area (Å²) < 4.78 is 43.7. The third-order valence-electron chi connectivity index (χ3n) is 5.70. The summed E-state index contributed by atoms with van der Waals surface area (Å²) in [7, 11) is -1.05. The third kappa shape index (κ3) is 5.70. The molecular weight excluding hydrogens is 438 g/mol. The number of rotatable bonds is 7. The minimum Gasteiger partial charge on any atom is -0.493 e. The summed E-state index contributed by atoms with van der Waals surface area (Å²) in [5.74, 6) is -0.805. The number of benzene rings is 1. The fourth-order valence-electron chi connectivity index (χ4n) is 3.97. The molecule has 1 heterocycles. The second-order valence-electron chi connectivity index (χ2n) is 7.83. The molecule has 0 radical (unpaired) electrons. The number of sulfonamides is 1. The summed E-state index contributed by atoms with van der Waals surface area (Å²) in [5.41, 5.74) is 0. The SMILES string of the molecule is COc1ccc(S(=O)(=O)N2CCCO[C@H]2CNC(=O)C(=O)NC2CCCCC2)cc1OC. The predicted octanol–water partition coefficient (Wildman–Crippen LogP) is 1.01. The normalized spacial score (nSPS) is 20.4. The molecule has 1 aliphatic heterocycles. The Morgan fingerprint density at radius 2 is 1.78 bits per heavy atom. The van der Waals surface area contributed by atoms with Crippen LogP contribution in [0, 0.1) is 0 Å². The molecule has 0 unspecified atom stereocenters. The fraction of sp³-hybridized carbons (Fsp3) is 0.619. The van der Waals surface area contributed by atoms with Gasteiger partial charge in [-0.25, -0.2) is 8.42 Å². The number of nitrogens with zero attached hydrogens (tertiary/aromatic N) is 1. The van der Waals surface area contributed by atoms with Gasteiger partial charge in [0, 0.05) is 18.7 Å². The monoisotopic (exact) mass is 469 g/mol. The summed E-state index contributed by atoms with van der Waals surface area (Å²) in [4.78, 5) is 24.5. The topological polar surface area (TPSA) is 123 Å². The molecule has 1 aromatic rings. The highest BCUT2D eigenvalue weighted by Gasteiger charge is 2.35. The maximum Gasteiger partial charge on any atom is 0.309 e. The average Bonchev–Trinajstić information content (AvgIpc) is 2.82. The Morgan fingerprint density at radius 1 is 1.06 bits per heavy atom. The Kier molecular flexibility index (Phi) is 8.32. The Morgan fingerprint density at radius 3 is 2.47 bits per heavy atom. The molecule has 2 amide bonds. The highest BCUT2D eigenvalue weighted by molar-refractivity contribution is 7.89. The molecule has 2 N–H and O–H groups in total. The number of nitrogens with one attached hydrogen (secondary N) is 2. The number of hydrogen-bond donors (Lipinski definition) is 2. The van der Waals surface area contributed by atoms with Crippen LogP contribution < -0.4 is 20.1 Å². The van der Waals surface area contributed by atoms with Crippen molar-refractivity contribution in [2.75, 3.05) is 33.9 Å². The van der Waals surface area contributed by atoms with Gasteiger partial charge in [0.15, 0.2) is 11.5 Å². The van der Waals surface area contributed by atoms with E-state index in [2.05, 4.69) is 10.6 Å². The molecule has 0 spiro atoms. The van der Waals surface area contributed by atoms with Gasteiger partial charge in [-0.1, -0.05) is 19.3 Å². The van der Waals surface area contributed by atoms with Gasteiger partial charge in [0.1, 0.15) is 6.23 Å². The van der Waals surface area contributed by atoms with Crippen LogP contribution in [0.3, 0.4) is 0 Å². The lowest BCUT2D eigenvalue weighted by atomic mass is 9.95. The maximum atomic E-state index is 13.3. The first-order chi connectivity index (χ1) is 15.4. The van der Waals surface area contributed by atoms with E-state index in [9.17, 15) is 18.0 Å². The molecule has 1 saturated carbocycles. The summed E-state index contributed by atoms with van der Waals surface area (Å²) in [6, 6.07) is 4.34. The average molecular weight is 470 g/mol. The van der Waals surface area contributed by atoms with Crippen LogP contribution in [0.2, 0.25) is 0 Å². The highest BCUT2D eigenvalue weighted by Crippen LogP contribution is 2.31. The number of carbonyl (C=O) groups is 2. The quantitative estimate of drug-likeness (QED) is 0.571. The Labute approximate surface area is 188 Å². The Balaban J connectivity index is 1.66. The van der Waals surface area contributed by atoms with Gasteiger partial charge >= 0.3 is 11.8 Å². The van der Waals surface area contributed by atoms with Gasteiger partial charge < -0.3 is 24.8 Å². The number of amides is 2. The molecule has 32 heavy (non-hydrogen) atoms. The van der Waals surface area contributed by atoms with Gasteiger partial charge in [0.25, 0.3) is 0 Å². The van der Waals surface area contributed by atoms with Crippen LogP contribution in [0.25, 0.3) is 0 Å². The van der Waals surface area contributed by atoms with Crippen LogP contribution in [-0.4, -0.2) is 70.7 Å². The van der Waals surface area contributed by atoms with Crippen molar-refractivity contribution in [3.63, 3.8) is 0 Å². The molecule has 0 bridgehead atoms. The number of methoxy groups -OCH3 is 2. The van der Waals surface area contributed by atoms with Crippen molar-refractivity contribution in [1.82, 2.24) is 14.9 Å². The zero-order valence-corrected chi connectivity index (χ0v) is 19.3. The van der Waals surface area contributed by atoms with E-state index in [1.807, 2.05) is 0 Å². The van der Waals surface area contributed by atoms with Crippen LogP contribution >= 0.6 is 0 Å². The minimum absolute atomic E-state index is 0.00913. The van der Waals surface area contributed by atoms with E-state index in [0.717, 1.165) is 32.1 Å². The minimum atomic E-state index is -3.94. The zero-order valence-electron chi connectivity index (χ0n) is 18.5. The van der Waals surface area contributed by atoms with Gasteiger partial charge in [-0.15, -0.1) is 0 Å². The number of ether oxygens (including phenoxy) is 3. The Hall–Kier alpha value is -2.37. The molecule has 178 valence electrons. The lowest BCUT2D eigenvalue weighted by Crippen LogP contribution is -2.53. The fourth-order valence-corrected chi connectivity index (χ4v) is 5.55. The van der Waals surface area contributed by atoms with E-state index in [4.69, 9.17) is 14.2 Å². The summed E-state index contributed by atoms with van der Waals surface area (Å²) >= 11 is 0. The molecule has 11 heteroatoms. The lowest BCUT2D eigenvalue weighted by Gasteiger charge is -2.34. The second-order valence-corrected chi connectivity index (χ2v) is 9.72. The number of carbonyl (C=O) groups excluding carboxylic acids is 2. The molecule has 1 aliphatic carbocycles. The first kappa shape index (κ1) is 24.3. The maximum absolute atomic E-state index is 13.3. The van der Waals surface area contributed by atoms with Gasteiger partial charge in [-0.05, 0) is 31.4 Å². The largest absolute Gasteiger partial charge is 0.493 e. The molecule has 1 saturated heterocycles. The van der Waals surface area contributed by atoms with Crippen molar-refractivity contribution in [2.45, 2.75) is 55.7 Å². The van der Waals surface area contributed by atoms with Crippen LogP contribution in [0.4, 0.5) is 0 Å². The van der Waals surface area contributed by atoms with Gasteiger partial charge in [-0.2, -0.15) is 4.31 Å². The van der Waals surface area contributed by atoms with E-state index >= 15 is 0 Å². The van der Waals surface area contributed by atoms with Crippen LogP contribution in [0.15, 0.2) is 23.1 Å². The Bertz CT molecular complexity index is 916. The van der Waals surface area contributed by atoms with E-state index in [-0.39, 0.29) is 29.8 Å².